The molecule has 0 aliphatic carbocycles. The molecule has 2 saturated heterocycles. The van der Waals surface area contributed by atoms with E-state index in [-0.39, 0.29) is 35.5 Å². The van der Waals surface area contributed by atoms with Crippen LogP contribution in [0.2, 0.25) is 0 Å². The van der Waals surface area contributed by atoms with Crippen LogP contribution in [0.25, 0.3) is 22.0 Å². The molecule has 2 aromatic heterocycles. The number of ether oxygens (including phenoxy) is 2. The number of halogens is 1. The number of likely N-dealkylation sites (tertiary alicyclic amines) is 1. The highest BCUT2D eigenvalue weighted by Crippen LogP contribution is 2.39. The number of amides is 2. The molecular formula is C42H46FN7O5. The molecule has 3 aliphatic heterocycles. The third kappa shape index (κ3) is 7.33. The average Bonchev–Trinajstić information content (AvgIpc) is 3.69. The molecule has 2 fully saturated rings. The van der Waals surface area contributed by atoms with Gasteiger partial charge in [-0.25, -0.2) is 4.39 Å². The summed E-state index contributed by atoms with van der Waals surface area (Å²) in [4.78, 5) is 41.2. The predicted molar refractivity (Wildman–Crippen MR) is 208 cm³/mol. The van der Waals surface area contributed by atoms with Gasteiger partial charge in [-0.05, 0) is 96.8 Å². The van der Waals surface area contributed by atoms with E-state index < -0.39 is 6.04 Å². The van der Waals surface area contributed by atoms with Crippen LogP contribution in [0.1, 0.15) is 59.4 Å². The van der Waals surface area contributed by atoms with Crippen LogP contribution in [-0.4, -0.2) is 76.3 Å². The maximum atomic E-state index is 15.3. The molecule has 13 heteroatoms. The lowest BCUT2D eigenvalue weighted by Crippen LogP contribution is -2.47. The van der Waals surface area contributed by atoms with Crippen LogP contribution in [0.4, 0.5) is 10.1 Å². The van der Waals surface area contributed by atoms with Crippen molar-refractivity contribution in [3.8, 4) is 22.6 Å². The number of pyridine rings is 1. The van der Waals surface area contributed by atoms with Crippen molar-refractivity contribution in [3.63, 3.8) is 0 Å². The molecule has 12 nitrogen and oxygen atoms in total. The molecule has 5 aromatic rings. The van der Waals surface area contributed by atoms with Gasteiger partial charge in [0.05, 0.1) is 26.0 Å². The van der Waals surface area contributed by atoms with Crippen LogP contribution in [-0.2, 0) is 42.7 Å². The third-order valence-corrected chi connectivity index (χ3v) is 11.5. The van der Waals surface area contributed by atoms with E-state index in [4.69, 9.17) is 9.47 Å². The van der Waals surface area contributed by atoms with E-state index in [1.54, 1.807) is 32.0 Å². The van der Waals surface area contributed by atoms with Gasteiger partial charge in [-0.2, -0.15) is 5.10 Å². The number of H-pyrrole nitrogens is 1. The molecule has 8 rings (SSSR count). The second-order valence-electron chi connectivity index (χ2n) is 14.9. The molecule has 55 heavy (non-hydrogen) atoms. The van der Waals surface area contributed by atoms with Crippen LogP contribution in [0.15, 0.2) is 65.7 Å². The first kappa shape index (κ1) is 36.4. The second-order valence-corrected chi connectivity index (χ2v) is 14.9. The summed E-state index contributed by atoms with van der Waals surface area (Å²) in [5.74, 6) is 0.680. The molecule has 2 amide bonds. The quantitative estimate of drug-likeness (QED) is 0.164. The number of aromatic nitrogens is 3. The van der Waals surface area contributed by atoms with Gasteiger partial charge in [0.25, 0.3) is 5.56 Å². The fourth-order valence-electron chi connectivity index (χ4n) is 8.55. The Hall–Kier alpha value is -5.53. The molecule has 3 aliphatic rings. The van der Waals surface area contributed by atoms with E-state index in [1.165, 1.54) is 22.8 Å². The summed E-state index contributed by atoms with van der Waals surface area (Å²) in [7, 11) is 5.08. The van der Waals surface area contributed by atoms with Crippen molar-refractivity contribution >= 4 is 28.4 Å². The number of rotatable bonds is 10. The normalized spacial score (nSPS) is 18.3. The lowest BCUT2D eigenvalue weighted by atomic mass is 9.88. The fourth-order valence-corrected chi connectivity index (χ4v) is 8.55. The first-order valence-electron chi connectivity index (χ1n) is 18.9. The minimum atomic E-state index is -0.543. The zero-order chi connectivity index (χ0) is 38.2. The number of carbonyl (C=O) groups is 2. The Bertz CT molecular complexity index is 2300. The fraction of sp³-hybridized carbons (Fsp3) is 0.381. The number of hydrogen-bond donors (Lipinski definition) is 3. The molecular weight excluding hydrogens is 702 g/mol. The third-order valence-electron chi connectivity index (χ3n) is 11.5. The van der Waals surface area contributed by atoms with Crippen molar-refractivity contribution < 1.29 is 23.5 Å². The first-order chi connectivity index (χ1) is 26.7. The molecule has 0 saturated carbocycles. The minimum Gasteiger partial charge on any atom is -0.496 e. The highest BCUT2D eigenvalue weighted by Gasteiger charge is 2.29. The standard InChI is InChI=1S/C42H46FN7O5/c1-48-23-33(32-20-44-47-40(32)42(48)53)28-17-37(54-2)34(38(18-28)55-3)24-50-16-13-30-26(5-4-6-27(30)22-50)21-49-14-11-25(12-15-49)31-8-7-29(19-35(31)43)45-36-9-10-39(51)46-41(36)52/h4-8,17-20,23,25,36,45H,9-16,21-22,24H2,1-3H3,(H,44,47)(H,46,51,52). The van der Waals surface area contributed by atoms with Gasteiger partial charge in [0, 0.05) is 62.5 Å². The summed E-state index contributed by atoms with van der Waals surface area (Å²) >= 11 is 0. The number of hydrogen-bond acceptors (Lipinski definition) is 9. The zero-order valence-corrected chi connectivity index (χ0v) is 31.4. The van der Waals surface area contributed by atoms with Crippen LogP contribution in [0, 0.1) is 5.82 Å². The molecule has 286 valence electrons. The van der Waals surface area contributed by atoms with E-state index in [0.29, 0.717) is 24.2 Å². The summed E-state index contributed by atoms with van der Waals surface area (Å²) < 4.78 is 28.8. The van der Waals surface area contributed by atoms with Gasteiger partial charge in [0.15, 0.2) is 0 Å². The van der Waals surface area contributed by atoms with Gasteiger partial charge in [-0.1, -0.05) is 24.3 Å². The van der Waals surface area contributed by atoms with Crippen molar-refractivity contribution in [2.24, 2.45) is 7.05 Å². The van der Waals surface area contributed by atoms with E-state index in [1.807, 2.05) is 30.5 Å². The Morgan fingerprint density at radius 3 is 2.44 bits per heavy atom. The average molecular weight is 748 g/mol. The number of carbonyl (C=O) groups excluding carboxylic acids is 2. The van der Waals surface area contributed by atoms with Crippen molar-refractivity contribution in [1.29, 1.82) is 0 Å². The predicted octanol–water partition coefficient (Wildman–Crippen LogP) is 5.24. The maximum Gasteiger partial charge on any atom is 0.276 e. The number of aryl methyl sites for hydroxylation is 1. The largest absolute Gasteiger partial charge is 0.496 e. The number of piperidine rings is 2. The molecule has 1 unspecified atom stereocenters. The summed E-state index contributed by atoms with van der Waals surface area (Å²) in [6.45, 7) is 5.00. The number of imide groups is 1. The van der Waals surface area contributed by atoms with Crippen LogP contribution >= 0.6 is 0 Å². The molecule has 0 bridgehead atoms. The lowest BCUT2D eigenvalue weighted by molar-refractivity contribution is -0.133. The SMILES string of the molecule is COc1cc(-c2cn(C)c(=O)c3[nH]ncc23)cc(OC)c1CN1CCc2c(CN3CCC(c4ccc(NC5CCC(=O)NC5=O)cc4F)CC3)cccc2C1. The number of nitrogens with one attached hydrogen (secondary N) is 3. The Labute approximate surface area is 318 Å². The van der Waals surface area contributed by atoms with Crippen LogP contribution in [0.5, 0.6) is 11.5 Å². The number of methoxy groups -OCH3 is 2. The van der Waals surface area contributed by atoms with Crippen molar-refractivity contribution in [3.05, 3.63) is 105 Å². The van der Waals surface area contributed by atoms with Gasteiger partial charge < -0.3 is 19.4 Å². The summed E-state index contributed by atoms with van der Waals surface area (Å²) in [6, 6.07) is 15.3. The van der Waals surface area contributed by atoms with E-state index in [9.17, 15) is 14.4 Å². The van der Waals surface area contributed by atoms with E-state index in [0.717, 1.165) is 91.1 Å². The smallest absolute Gasteiger partial charge is 0.276 e. The van der Waals surface area contributed by atoms with E-state index in [2.05, 4.69) is 48.8 Å². The number of fused-ring (bicyclic) bond motifs is 2. The minimum absolute atomic E-state index is 0.134. The Balaban J connectivity index is 0.909. The Kier molecular flexibility index (Phi) is 10.1. The molecule has 1 atom stereocenters. The molecule has 5 heterocycles. The first-order valence-corrected chi connectivity index (χ1v) is 18.9. The van der Waals surface area contributed by atoms with Gasteiger partial charge >= 0.3 is 0 Å². The molecule has 3 aromatic carbocycles. The van der Waals surface area contributed by atoms with Gasteiger partial charge in [0.1, 0.15) is 28.9 Å². The highest BCUT2D eigenvalue weighted by molar-refractivity contribution is 6.01. The van der Waals surface area contributed by atoms with Crippen molar-refractivity contribution in [2.45, 2.75) is 63.7 Å². The number of anilines is 1. The molecule has 0 radical (unpaired) electrons. The summed E-state index contributed by atoms with van der Waals surface area (Å²) in [5.41, 5.74) is 8.39. The van der Waals surface area contributed by atoms with Gasteiger partial charge in [-0.15, -0.1) is 0 Å². The summed E-state index contributed by atoms with van der Waals surface area (Å²) in [5, 5.41) is 13.1. The summed E-state index contributed by atoms with van der Waals surface area (Å²) in [6.07, 6.45) is 6.84. The number of nitrogens with zero attached hydrogens (tertiary/aromatic N) is 4. The lowest BCUT2D eigenvalue weighted by Gasteiger charge is -2.35. The zero-order valence-electron chi connectivity index (χ0n) is 31.4. The Morgan fingerprint density at radius 1 is 0.927 bits per heavy atom. The van der Waals surface area contributed by atoms with Crippen LogP contribution in [0.3, 0.4) is 0 Å². The second kappa shape index (κ2) is 15.3. The Morgan fingerprint density at radius 2 is 1.71 bits per heavy atom. The molecule has 3 N–H and O–H groups in total. The number of benzene rings is 3. The van der Waals surface area contributed by atoms with Crippen molar-refractivity contribution in [1.82, 2.24) is 29.9 Å². The topological polar surface area (TPSA) is 134 Å². The maximum absolute atomic E-state index is 15.3. The van der Waals surface area contributed by atoms with Crippen molar-refractivity contribution in [2.75, 3.05) is 39.2 Å². The molecule has 0 spiro atoms. The number of aromatic amines is 1. The monoisotopic (exact) mass is 747 g/mol. The van der Waals surface area contributed by atoms with Gasteiger partial charge in [-0.3, -0.25) is 34.6 Å². The highest BCUT2D eigenvalue weighted by atomic mass is 19.1. The van der Waals surface area contributed by atoms with E-state index >= 15 is 4.39 Å². The van der Waals surface area contributed by atoms with Gasteiger partial charge in [0.2, 0.25) is 11.8 Å². The van der Waals surface area contributed by atoms with Crippen LogP contribution < -0.4 is 25.7 Å².